The second-order valence-corrected chi connectivity index (χ2v) is 5.92. The Morgan fingerprint density at radius 3 is 2.38 bits per heavy atom. The highest BCUT2D eigenvalue weighted by Gasteiger charge is 2.30. The van der Waals surface area contributed by atoms with E-state index in [9.17, 15) is 9.18 Å². The lowest BCUT2D eigenvalue weighted by molar-refractivity contribution is -0.128. The van der Waals surface area contributed by atoms with Gasteiger partial charge in [0.2, 0.25) is 0 Å². The summed E-state index contributed by atoms with van der Waals surface area (Å²) in [5.41, 5.74) is -0.995. The van der Waals surface area contributed by atoms with Gasteiger partial charge < -0.3 is 10.1 Å². The molecule has 2 aromatic rings. The lowest BCUT2D eigenvalue weighted by Gasteiger charge is -2.25. The van der Waals surface area contributed by atoms with Gasteiger partial charge in [-0.05, 0) is 50.2 Å². The van der Waals surface area contributed by atoms with E-state index in [-0.39, 0.29) is 5.69 Å². The third kappa shape index (κ3) is 4.04. The fraction of sp³-hybridized carbons (Fsp3) is 0.188. The third-order valence-electron chi connectivity index (χ3n) is 2.86. The number of carbonyl (C=O) groups is 1. The molecule has 3 nitrogen and oxygen atoms in total. The molecule has 0 saturated heterocycles. The zero-order valence-electron chi connectivity index (χ0n) is 11.7. The Morgan fingerprint density at radius 1 is 1.14 bits per heavy atom. The van der Waals surface area contributed by atoms with Gasteiger partial charge >= 0.3 is 0 Å². The number of carbonyl (C=O) groups excluding carboxylic acids is 1. The third-order valence-corrected chi connectivity index (χ3v) is 3.38. The highest BCUT2D eigenvalue weighted by molar-refractivity contribution is 9.10. The first-order valence-corrected chi connectivity index (χ1v) is 7.18. The Morgan fingerprint density at radius 2 is 1.76 bits per heavy atom. The van der Waals surface area contributed by atoms with Crippen LogP contribution in [0.5, 0.6) is 5.75 Å². The standard InChI is InChI=1S/C16H15BrFNO2/c1-16(2,21-12-9-7-11(17)8-10-12)15(20)19-14-6-4-3-5-13(14)18/h3-10H,1-2H3,(H,19,20). The van der Waals surface area contributed by atoms with Crippen LogP contribution in [0.3, 0.4) is 0 Å². The van der Waals surface area contributed by atoms with E-state index in [4.69, 9.17) is 4.74 Å². The number of anilines is 1. The van der Waals surface area contributed by atoms with Crippen LogP contribution < -0.4 is 10.1 Å². The fourth-order valence-electron chi connectivity index (χ4n) is 1.68. The first-order valence-electron chi connectivity index (χ1n) is 6.39. The number of hydrogen-bond donors (Lipinski definition) is 1. The van der Waals surface area contributed by atoms with E-state index in [0.29, 0.717) is 5.75 Å². The lowest BCUT2D eigenvalue weighted by atomic mass is 10.1. The van der Waals surface area contributed by atoms with E-state index in [1.165, 1.54) is 12.1 Å². The summed E-state index contributed by atoms with van der Waals surface area (Å²) in [5, 5.41) is 2.53. The molecule has 0 aliphatic heterocycles. The van der Waals surface area contributed by atoms with Crippen LogP contribution in [0.25, 0.3) is 0 Å². The van der Waals surface area contributed by atoms with Crippen molar-refractivity contribution in [1.82, 2.24) is 0 Å². The highest BCUT2D eigenvalue weighted by atomic mass is 79.9. The number of para-hydroxylation sites is 1. The van der Waals surface area contributed by atoms with Crippen LogP contribution in [0, 0.1) is 5.82 Å². The molecular formula is C16H15BrFNO2. The second kappa shape index (κ2) is 6.26. The van der Waals surface area contributed by atoms with Gasteiger partial charge in [0.15, 0.2) is 5.60 Å². The fourth-order valence-corrected chi connectivity index (χ4v) is 1.94. The van der Waals surface area contributed by atoms with E-state index in [2.05, 4.69) is 21.2 Å². The Kier molecular flexibility index (Phi) is 4.63. The Labute approximate surface area is 131 Å². The largest absolute Gasteiger partial charge is 0.478 e. The molecule has 0 heterocycles. The van der Waals surface area contributed by atoms with Gasteiger partial charge in [-0.15, -0.1) is 0 Å². The molecule has 1 N–H and O–H groups in total. The summed E-state index contributed by atoms with van der Waals surface area (Å²) in [7, 11) is 0. The predicted molar refractivity (Wildman–Crippen MR) is 83.9 cm³/mol. The summed E-state index contributed by atoms with van der Waals surface area (Å²) in [4.78, 5) is 12.2. The van der Waals surface area contributed by atoms with E-state index in [1.54, 1.807) is 38.1 Å². The summed E-state index contributed by atoms with van der Waals surface area (Å²) >= 11 is 3.33. The van der Waals surface area contributed by atoms with Crippen LogP contribution in [0.1, 0.15) is 13.8 Å². The molecule has 0 aliphatic carbocycles. The molecule has 0 radical (unpaired) electrons. The highest BCUT2D eigenvalue weighted by Crippen LogP contribution is 2.23. The Hall–Kier alpha value is -1.88. The van der Waals surface area contributed by atoms with E-state index in [0.717, 1.165) is 4.47 Å². The van der Waals surface area contributed by atoms with Crippen LogP contribution >= 0.6 is 15.9 Å². The van der Waals surface area contributed by atoms with Crippen molar-refractivity contribution in [3.05, 3.63) is 58.8 Å². The van der Waals surface area contributed by atoms with Crippen molar-refractivity contribution in [2.75, 3.05) is 5.32 Å². The molecule has 0 bridgehead atoms. The van der Waals surface area contributed by atoms with Crippen LogP contribution in [-0.4, -0.2) is 11.5 Å². The minimum absolute atomic E-state index is 0.134. The van der Waals surface area contributed by atoms with Crippen LogP contribution in [0.15, 0.2) is 53.0 Å². The quantitative estimate of drug-likeness (QED) is 0.887. The van der Waals surface area contributed by atoms with Crippen molar-refractivity contribution in [2.24, 2.45) is 0 Å². The summed E-state index contributed by atoms with van der Waals surface area (Å²) in [5.74, 6) is -0.340. The molecular weight excluding hydrogens is 337 g/mol. The van der Waals surface area contributed by atoms with Crippen molar-refractivity contribution < 1.29 is 13.9 Å². The Balaban J connectivity index is 2.10. The van der Waals surface area contributed by atoms with E-state index < -0.39 is 17.3 Å². The number of benzene rings is 2. The first kappa shape index (κ1) is 15.5. The maximum atomic E-state index is 13.5. The second-order valence-electron chi connectivity index (χ2n) is 5.00. The molecule has 0 aliphatic rings. The van der Waals surface area contributed by atoms with Crippen LogP contribution in [0.2, 0.25) is 0 Å². The maximum Gasteiger partial charge on any atom is 0.268 e. The number of halogens is 2. The zero-order chi connectivity index (χ0) is 15.5. The van der Waals surface area contributed by atoms with Crippen LogP contribution in [0.4, 0.5) is 10.1 Å². The average Bonchev–Trinajstić information content (AvgIpc) is 2.43. The summed E-state index contributed by atoms with van der Waals surface area (Å²) < 4.78 is 20.1. The SMILES string of the molecule is CC(C)(Oc1ccc(Br)cc1)C(=O)Nc1ccccc1F. The summed E-state index contributed by atoms with van der Waals surface area (Å²) in [6.45, 7) is 3.26. The number of rotatable bonds is 4. The molecule has 0 fully saturated rings. The lowest BCUT2D eigenvalue weighted by Crippen LogP contribution is -2.42. The molecule has 0 atom stereocenters. The first-order chi connectivity index (χ1) is 9.88. The Bertz CT molecular complexity index is 641. The van der Waals surface area contributed by atoms with Crippen molar-refractivity contribution in [2.45, 2.75) is 19.4 Å². The summed E-state index contributed by atoms with van der Waals surface area (Å²) in [6.07, 6.45) is 0. The minimum atomic E-state index is -1.13. The minimum Gasteiger partial charge on any atom is -0.478 e. The van der Waals surface area contributed by atoms with Crippen molar-refractivity contribution in [3.63, 3.8) is 0 Å². The van der Waals surface area contributed by atoms with Gasteiger partial charge in [0.25, 0.3) is 5.91 Å². The molecule has 0 spiro atoms. The monoisotopic (exact) mass is 351 g/mol. The van der Waals surface area contributed by atoms with Gasteiger partial charge in [0.05, 0.1) is 5.69 Å². The molecule has 21 heavy (non-hydrogen) atoms. The van der Waals surface area contributed by atoms with E-state index in [1.807, 2.05) is 12.1 Å². The molecule has 0 unspecified atom stereocenters. The molecule has 110 valence electrons. The van der Waals surface area contributed by atoms with Gasteiger partial charge in [-0.25, -0.2) is 4.39 Å². The van der Waals surface area contributed by atoms with Crippen LogP contribution in [-0.2, 0) is 4.79 Å². The zero-order valence-corrected chi connectivity index (χ0v) is 13.3. The van der Waals surface area contributed by atoms with Crippen molar-refractivity contribution in [3.8, 4) is 5.75 Å². The number of hydrogen-bond acceptors (Lipinski definition) is 2. The van der Waals surface area contributed by atoms with Gasteiger partial charge in [-0.2, -0.15) is 0 Å². The number of nitrogens with one attached hydrogen (secondary N) is 1. The number of amides is 1. The van der Waals surface area contributed by atoms with Crippen molar-refractivity contribution in [1.29, 1.82) is 0 Å². The predicted octanol–water partition coefficient (Wildman–Crippen LogP) is 4.38. The topological polar surface area (TPSA) is 38.3 Å². The summed E-state index contributed by atoms with van der Waals surface area (Å²) in [6, 6.07) is 13.2. The molecule has 2 aromatic carbocycles. The molecule has 5 heteroatoms. The van der Waals surface area contributed by atoms with Gasteiger partial charge in [0, 0.05) is 4.47 Å². The molecule has 1 amide bonds. The molecule has 0 aromatic heterocycles. The van der Waals surface area contributed by atoms with Gasteiger partial charge in [-0.1, -0.05) is 28.1 Å². The average molecular weight is 352 g/mol. The molecule has 2 rings (SSSR count). The smallest absolute Gasteiger partial charge is 0.268 e. The normalized spacial score (nSPS) is 11.0. The van der Waals surface area contributed by atoms with Gasteiger partial charge in [0.1, 0.15) is 11.6 Å². The maximum absolute atomic E-state index is 13.5. The van der Waals surface area contributed by atoms with Crippen molar-refractivity contribution >= 4 is 27.5 Å². The van der Waals surface area contributed by atoms with E-state index >= 15 is 0 Å². The number of ether oxygens (including phenoxy) is 1. The van der Waals surface area contributed by atoms with Gasteiger partial charge in [-0.3, -0.25) is 4.79 Å². The molecule has 0 saturated carbocycles.